The van der Waals surface area contributed by atoms with Crippen LogP contribution in [0.3, 0.4) is 0 Å². The minimum Gasteiger partial charge on any atom is -0.483 e. The molecule has 2 aromatic carbocycles. The van der Waals surface area contributed by atoms with E-state index in [1.807, 2.05) is 6.07 Å². The van der Waals surface area contributed by atoms with Gasteiger partial charge < -0.3 is 9.47 Å². The highest BCUT2D eigenvalue weighted by Crippen LogP contribution is 2.40. The predicted octanol–water partition coefficient (Wildman–Crippen LogP) is 4.71. The molecule has 0 aliphatic heterocycles. The second kappa shape index (κ2) is 7.14. The van der Waals surface area contributed by atoms with Crippen molar-refractivity contribution in [2.75, 3.05) is 13.7 Å². The standard InChI is InChI=1S/C20H20N2O4/c1-14-6-8-17-15(11-14)5-4-10-20(17,25-3)13-26-19-9-7-16(21-2)12-18(19)22(23)24/h6-9,11-12H,4-5,10,13H2,1,3H3/t20-/m0/s1. The first-order valence-corrected chi connectivity index (χ1v) is 8.43. The molecular weight excluding hydrogens is 332 g/mol. The number of ether oxygens (including phenoxy) is 2. The number of aryl methyl sites for hydroxylation is 2. The molecule has 0 heterocycles. The quantitative estimate of drug-likeness (QED) is 0.444. The van der Waals surface area contributed by atoms with E-state index in [0.717, 1.165) is 24.8 Å². The van der Waals surface area contributed by atoms with E-state index in [2.05, 4.69) is 23.9 Å². The van der Waals surface area contributed by atoms with Crippen molar-refractivity contribution in [3.63, 3.8) is 0 Å². The van der Waals surface area contributed by atoms with Gasteiger partial charge in [0.1, 0.15) is 12.2 Å². The summed E-state index contributed by atoms with van der Waals surface area (Å²) in [5, 5.41) is 11.3. The van der Waals surface area contributed by atoms with Crippen LogP contribution in [0.2, 0.25) is 0 Å². The first-order chi connectivity index (χ1) is 12.5. The highest BCUT2D eigenvalue weighted by Gasteiger charge is 2.38. The van der Waals surface area contributed by atoms with Crippen LogP contribution in [0.5, 0.6) is 5.75 Å². The Hall–Kier alpha value is -2.91. The van der Waals surface area contributed by atoms with Gasteiger partial charge in [0.25, 0.3) is 0 Å². The topological polar surface area (TPSA) is 66.0 Å². The van der Waals surface area contributed by atoms with Gasteiger partial charge in [0, 0.05) is 13.2 Å². The van der Waals surface area contributed by atoms with Crippen LogP contribution in [-0.4, -0.2) is 18.6 Å². The molecule has 134 valence electrons. The van der Waals surface area contributed by atoms with Crippen molar-refractivity contribution in [1.82, 2.24) is 0 Å². The number of nitro groups is 1. The van der Waals surface area contributed by atoms with Crippen LogP contribution in [0.15, 0.2) is 36.4 Å². The molecule has 0 N–H and O–H groups in total. The zero-order chi connectivity index (χ0) is 18.7. The van der Waals surface area contributed by atoms with E-state index in [9.17, 15) is 10.1 Å². The van der Waals surface area contributed by atoms with Crippen molar-refractivity contribution in [3.05, 3.63) is 74.6 Å². The number of hydrogen-bond donors (Lipinski definition) is 0. The van der Waals surface area contributed by atoms with Crippen LogP contribution >= 0.6 is 0 Å². The summed E-state index contributed by atoms with van der Waals surface area (Å²) in [6.07, 6.45) is 2.74. The molecular formula is C20H20N2O4. The fourth-order valence-corrected chi connectivity index (χ4v) is 3.53. The average molecular weight is 352 g/mol. The lowest BCUT2D eigenvalue weighted by Crippen LogP contribution is -2.39. The third-order valence-corrected chi connectivity index (χ3v) is 4.90. The van der Waals surface area contributed by atoms with Crippen LogP contribution in [0.4, 0.5) is 11.4 Å². The second-order valence-electron chi connectivity index (χ2n) is 6.52. The highest BCUT2D eigenvalue weighted by molar-refractivity contribution is 5.59. The smallest absolute Gasteiger partial charge is 0.300 e. The van der Waals surface area contributed by atoms with E-state index < -0.39 is 10.5 Å². The van der Waals surface area contributed by atoms with Gasteiger partial charge in [0.15, 0.2) is 11.4 Å². The van der Waals surface area contributed by atoms with Crippen molar-refractivity contribution in [1.29, 1.82) is 0 Å². The monoisotopic (exact) mass is 352 g/mol. The summed E-state index contributed by atoms with van der Waals surface area (Å²) in [5.74, 6) is 0.151. The number of rotatable bonds is 5. The highest BCUT2D eigenvalue weighted by atomic mass is 16.6. The molecule has 6 heteroatoms. The molecule has 3 rings (SSSR count). The SMILES string of the molecule is [C-]#[N+]c1ccc(OC[C@@]2(OC)CCCc3cc(C)ccc32)c([N+](=O)[O-])c1. The van der Waals surface area contributed by atoms with Gasteiger partial charge >= 0.3 is 5.69 Å². The third-order valence-electron chi connectivity index (χ3n) is 4.90. The van der Waals surface area contributed by atoms with Crippen LogP contribution in [0.25, 0.3) is 4.85 Å². The largest absolute Gasteiger partial charge is 0.483 e. The average Bonchev–Trinajstić information content (AvgIpc) is 2.65. The van der Waals surface area contributed by atoms with E-state index >= 15 is 0 Å². The van der Waals surface area contributed by atoms with Crippen molar-refractivity contribution in [2.45, 2.75) is 31.8 Å². The summed E-state index contributed by atoms with van der Waals surface area (Å²) in [7, 11) is 1.65. The number of methoxy groups -OCH3 is 1. The Kier molecular flexibility index (Phi) is 4.92. The molecule has 0 spiro atoms. The molecule has 0 saturated carbocycles. The molecule has 2 aromatic rings. The number of fused-ring (bicyclic) bond motifs is 1. The van der Waals surface area contributed by atoms with Crippen LogP contribution in [-0.2, 0) is 16.8 Å². The Morgan fingerprint density at radius 2 is 2.12 bits per heavy atom. The lowest BCUT2D eigenvalue weighted by molar-refractivity contribution is -0.385. The van der Waals surface area contributed by atoms with E-state index in [0.29, 0.717) is 0 Å². The number of hydrogen-bond acceptors (Lipinski definition) is 4. The van der Waals surface area contributed by atoms with Gasteiger partial charge in [-0.15, -0.1) is 0 Å². The molecule has 1 atom stereocenters. The van der Waals surface area contributed by atoms with Gasteiger partial charge in [0.05, 0.1) is 11.5 Å². The zero-order valence-corrected chi connectivity index (χ0v) is 14.8. The molecule has 26 heavy (non-hydrogen) atoms. The van der Waals surface area contributed by atoms with E-state index in [1.165, 1.54) is 29.3 Å². The predicted molar refractivity (Wildman–Crippen MR) is 97.7 cm³/mol. The second-order valence-corrected chi connectivity index (χ2v) is 6.52. The first kappa shape index (κ1) is 17.9. The molecule has 0 amide bonds. The van der Waals surface area contributed by atoms with Crippen LogP contribution in [0.1, 0.15) is 29.5 Å². The molecule has 0 unspecified atom stereocenters. The van der Waals surface area contributed by atoms with Crippen molar-refractivity contribution < 1.29 is 14.4 Å². The first-order valence-electron chi connectivity index (χ1n) is 8.43. The summed E-state index contributed by atoms with van der Waals surface area (Å²) >= 11 is 0. The lowest BCUT2D eigenvalue weighted by atomic mass is 9.79. The number of nitro benzene ring substituents is 1. The fraction of sp³-hybridized carbons (Fsp3) is 0.350. The maximum Gasteiger partial charge on any atom is 0.300 e. The van der Waals surface area contributed by atoms with Gasteiger partial charge in [-0.3, -0.25) is 10.1 Å². The van der Waals surface area contributed by atoms with E-state index in [-0.39, 0.29) is 23.7 Å². The Morgan fingerprint density at radius 1 is 1.31 bits per heavy atom. The number of benzene rings is 2. The normalized spacial score (nSPS) is 18.7. The molecule has 6 nitrogen and oxygen atoms in total. The fourth-order valence-electron chi connectivity index (χ4n) is 3.53. The molecule has 0 radical (unpaired) electrons. The van der Waals surface area contributed by atoms with Crippen LogP contribution in [0, 0.1) is 23.6 Å². The minimum absolute atomic E-state index is 0.151. The minimum atomic E-state index is -0.631. The van der Waals surface area contributed by atoms with Crippen molar-refractivity contribution in [2.24, 2.45) is 0 Å². The summed E-state index contributed by atoms with van der Waals surface area (Å²) in [4.78, 5) is 14.0. The van der Waals surface area contributed by atoms with E-state index in [4.69, 9.17) is 16.0 Å². The lowest BCUT2D eigenvalue weighted by Gasteiger charge is -2.37. The van der Waals surface area contributed by atoms with Gasteiger partial charge in [-0.25, -0.2) is 4.85 Å². The Balaban J connectivity index is 1.92. The maximum atomic E-state index is 11.3. The van der Waals surface area contributed by atoms with Gasteiger partial charge in [-0.2, -0.15) is 0 Å². The Morgan fingerprint density at radius 3 is 2.81 bits per heavy atom. The summed E-state index contributed by atoms with van der Waals surface area (Å²) in [6, 6.07) is 10.5. The van der Waals surface area contributed by atoms with Gasteiger partial charge in [0.2, 0.25) is 0 Å². The molecule has 0 aromatic heterocycles. The number of nitrogens with zero attached hydrogens (tertiary/aromatic N) is 2. The van der Waals surface area contributed by atoms with E-state index in [1.54, 1.807) is 7.11 Å². The molecule has 0 fully saturated rings. The Labute approximate surface area is 152 Å². The zero-order valence-electron chi connectivity index (χ0n) is 14.8. The van der Waals surface area contributed by atoms with Gasteiger partial charge in [-0.05, 0) is 43.4 Å². The molecule has 0 bridgehead atoms. The summed E-state index contributed by atoms with van der Waals surface area (Å²) in [6.45, 7) is 9.25. The Bertz CT molecular complexity index is 888. The van der Waals surface area contributed by atoms with Crippen molar-refractivity contribution >= 4 is 11.4 Å². The van der Waals surface area contributed by atoms with Crippen LogP contribution < -0.4 is 4.74 Å². The van der Waals surface area contributed by atoms with Gasteiger partial charge in [-0.1, -0.05) is 29.8 Å². The maximum absolute atomic E-state index is 11.3. The third kappa shape index (κ3) is 3.26. The molecule has 1 aliphatic rings. The molecule has 1 aliphatic carbocycles. The summed E-state index contributed by atoms with van der Waals surface area (Å²) in [5.41, 5.74) is 2.89. The molecule has 0 saturated heterocycles. The summed E-state index contributed by atoms with van der Waals surface area (Å²) < 4.78 is 11.7. The van der Waals surface area contributed by atoms with Crippen molar-refractivity contribution in [3.8, 4) is 5.75 Å².